The van der Waals surface area contributed by atoms with Crippen molar-refractivity contribution in [2.75, 3.05) is 11.9 Å². The Kier molecular flexibility index (Phi) is 4.58. The molecule has 0 bridgehead atoms. The highest BCUT2D eigenvalue weighted by atomic mass is 16.6. The molecule has 0 unspecified atom stereocenters. The highest BCUT2D eigenvalue weighted by molar-refractivity contribution is 5.92. The topological polar surface area (TPSA) is 119 Å². The molecule has 0 aromatic heterocycles. The highest BCUT2D eigenvalue weighted by Gasteiger charge is 2.15. The zero-order valence-electron chi connectivity index (χ0n) is 9.66. The van der Waals surface area contributed by atoms with Gasteiger partial charge in [-0.3, -0.25) is 15.4 Å². The minimum Gasteiger partial charge on any atom is -0.478 e. The van der Waals surface area contributed by atoms with Crippen molar-refractivity contribution in [3.05, 3.63) is 46.5 Å². The van der Waals surface area contributed by atoms with Crippen LogP contribution in [-0.4, -0.2) is 28.7 Å². The Labute approximate surface area is 107 Å². The van der Waals surface area contributed by atoms with Gasteiger partial charge in [-0.25, -0.2) is 9.59 Å². The summed E-state index contributed by atoms with van der Waals surface area (Å²) >= 11 is 0. The van der Waals surface area contributed by atoms with Gasteiger partial charge in [-0.2, -0.15) is 0 Å². The van der Waals surface area contributed by atoms with E-state index in [0.717, 1.165) is 18.2 Å². The molecular formula is C11H10N2O6. The fraction of sp³-hybridized carbons (Fsp3) is 0.0909. The first-order valence-corrected chi connectivity index (χ1v) is 5.01. The molecule has 1 amide bonds. The van der Waals surface area contributed by atoms with Crippen molar-refractivity contribution in [2.24, 2.45) is 0 Å². The molecule has 1 rings (SSSR count). The zero-order chi connectivity index (χ0) is 14.4. The number of anilines is 1. The summed E-state index contributed by atoms with van der Waals surface area (Å²) in [5, 5.41) is 21.6. The number of rotatable bonds is 5. The molecule has 0 saturated heterocycles. The number of nitro groups is 1. The summed E-state index contributed by atoms with van der Waals surface area (Å²) in [6.45, 7) is 3.31. The van der Waals surface area contributed by atoms with Gasteiger partial charge in [0.05, 0.1) is 16.2 Å². The third-order valence-electron chi connectivity index (χ3n) is 1.95. The van der Waals surface area contributed by atoms with E-state index in [1.807, 2.05) is 0 Å². The second-order valence-corrected chi connectivity index (χ2v) is 3.34. The molecule has 1 aromatic rings. The molecule has 0 radical (unpaired) electrons. The lowest BCUT2D eigenvalue weighted by atomic mass is 10.2. The average Bonchev–Trinajstić information content (AvgIpc) is 2.35. The Morgan fingerprint density at radius 3 is 2.68 bits per heavy atom. The molecule has 1 aromatic carbocycles. The summed E-state index contributed by atoms with van der Waals surface area (Å²) in [6.07, 6.45) is 0.479. The van der Waals surface area contributed by atoms with Gasteiger partial charge in [-0.05, 0) is 6.07 Å². The number of nitro benzene ring substituents is 1. The van der Waals surface area contributed by atoms with Crippen molar-refractivity contribution in [1.82, 2.24) is 0 Å². The maximum Gasteiger partial charge on any atom is 0.411 e. The monoisotopic (exact) mass is 266 g/mol. The van der Waals surface area contributed by atoms with Crippen molar-refractivity contribution in [3.63, 3.8) is 0 Å². The number of carboxylic acid groups (broad SMARTS) is 1. The minimum atomic E-state index is -1.34. The van der Waals surface area contributed by atoms with E-state index in [0.29, 0.717) is 0 Å². The Balaban J connectivity index is 2.99. The van der Waals surface area contributed by atoms with Crippen LogP contribution >= 0.6 is 0 Å². The van der Waals surface area contributed by atoms with Crippen molar-refractivity contribution in [2.45, 2.75) is 0 Å². The van der Waals surface area contributed by atoms with Crippen molar-refractivity contribution < 1.29 is 24.4 Å². The highest BCUT2D eigenvalue weighted by Crippen LogP contribution is 2.21. The lowest BCUT2D eigenvalue weighted by Gasteiger charge is -2.06. The van der Waals surface area contributed by atoms with Gasteiger partial charge < -0.3 is 9.84 Å². The molecule has 0 aliphatic rings. The molecule has 0 heterocycles. The predicted octanol–water partition coefficient (Wildman–Crippen LogP) is 2.03. The smallest absolute Gasteiger partial charge is 0.411 e. The first-order valence-electron chi connectivity index (χ1n) is 5.01. The summed E-state index contributed by atoms with van der Waals surface area (Å²) in [4.78, 5) is 31.9. The number of carbonyl (C=O) groups excluding carboxylic acids is 1. The van der Waals surface area contributed by atoms with Crippen LogP contribution in [0.4, 0.5) is 16.2 Å². The van der Waals surface area contributed by atoms with Crippen LogP contribution in [0.5, 0.6) is 0 Å². The number of hydrogen-bond donors (Lipinski definition) is 2. The molecule has 0 aliphatic carbocycles. The number of aromatic carboxylic acids is 1. The molecule has 0 atom stereocenters. The first-order chi connectivity index (χ1) is 8.93. The number of carbonyl (C=O) groups is 2. The van der Waals surface area contributed by atoms with Crippen LogP contribution in [-0.2, 0) is 4.74 Å². The number of non-ortho nitro benzene ring substituents is 1. The van der Waals surface area contributed by atoms with Gasteiger partial charge in [0.2, 0.25) is 0 Å². The lowest BCUT2D eigenvalue weighted by molar-refractivity contribution is -0.384. The van der Waals surface area contributed by atoms with Crippen LogP contribution in [0.1, 0.15) is 10.4 Å². The number of carboxylic acids is 1. The van der Waals surface area contributed by atoms with Crippen LogP contribution in [0, 0.1) is 10.1 Å². The Morgan fingerprint density at radius 1 is 1.47 bits per heavy atom. The van der Waals surface area contributed by atoms with Crippen LogP contribution in [0.3, 0.4) is 0 Å². The molecule has 2 N–H and O–H groups in total. The van der Waals surface area contributed by atoms with E-state index in [9.17, 15) is 19.7 Å². The van der Waals surface area contributed by atoms with Crippen molar-refractivity contribution in [3.8, 4) is 0 Å². The summed E-state index contributed by atoms with van der Waals surface area (Å²) in [6, 6.07) is 3.01. The minimum absolute atomic E-state index is 0.0352. The van der Waals surface area contributed by atoms with Gasteiger partial charge in [-0.1, -0.05) is 12.7 Å². The van der Waals surface area contributed by atoms with Gasteiger partial charge in [0, 0.05) is 12.1 Å². The second kappa shape index (κ2) is 6.15. The number of ether oxygens (including phenoxy) is 1. The summed E-state index contributed by atoms with van der Waals surface area (Å²) < 4.78 is 4.61. The van der Waals surface area contributed by atoms with E-state index in [-0.39, 0.29) is 17.9 Å². The molecule has 100 valence electrons. The standard InChI is InChI=1S/C11H10N2O6/c1-2-3-19-11(16)12-8-4-7(10(14)15)5-9(6-8)13(17)18/h2,4-6H,1,3H2,(H,12,16)(H,14,15). The third kappa shape index (κ3) is 4.11. The number of benzene rings is 1. The number of amides is 1. The quantitative estimate of drug-likeness (QED) is 0.478. The Bertz CT molecular complexity index is 508. The maximum absolute atomic E-state index is 11.2. The van der Waals surface area contributed by atoms with E-state index in [2.05, 4.69) is 16.6 Å². The molecular weight excluding hydrogens is 256 g/mol. The van der Waals surface area contributed by atoms with Gasteiger partial charge in [0.25, 0.3) is 5.69 Å². The van der Waals surface area contributed by atoms with E-state index in [4.69, 9.17) is 5.11 Å². The fourth-order valence-electron chi connectivity index (χ4n) is 1.20. The predicted molar refractivity (Wildman–Crippen MR) is 65.2 cm³/mol. The van der Waals surface area contributed by atoms with E-state index in [1.54, 1.807) is 0 Å². The van der Waals surface area contributed by atoms with Gasteiger partial charge in [0.1, 0.15) is 6.61 Å². The van der Waals surface area contributed by atoms with Crippen molar-refractivity contribution in [1.29, 1.82) is 0 Å². The zero-order valence-corrected chi connectivity index (χ0v) is 9.66. The fourth-order valence-corrected chi connectivity index (χ4v) is 1.20. The SMILES string of the molecule is C=CCOC(=O)Nc1cc(C(=O)O)cc([N+](=O)[O-])c1. The van der Waals surface area contributed by atoms with Crippen LogP contribution in [0.25, 0.3) is 0 Å². The van der Waals surface area contributed by atoms with E-state index < -0.39 is 22.7 Å². The normalized spacial score (nSPS) is 9.47. The number of nitrogens with one attached hydrogen (secondary N) is 1. The third-order valence-corrected chi connectivity index (χ3v) is 1.95. The summed E-state index contributed by atoms with van der Waals surface area (Å²) in [7, 11) is 0. The molecule has 19 heavy (non-hydrogen) atoms. The molecule has 0 saturated carbocycles. The molecule has 0 spiro atoms. The summed E-state index contributed by atoms with van der Waals surface area (Å²) in [5.41, 5.74) is -0.798. The second-order valence-electron chi connectivity index (χ2n) is 3.34. The molecule has 8 nitrogen and oxygen atoms in total. The van der Waals surface area contributed by atoms with Crippen LogP contribution in [0.2, 0.25) is 0 Å². The van der Waals surface area contributed by atoms with E-state index >= 15 is 0 Å². The lowest BCUT2D eigenvalue weighted by Crippen LogP contribution is -2.14. The molecule has 0 fully saturated rings. The summed E-state index contributed by atoms with van der Waals surface area (Å²) in [5.74, 6) is -1.34. The Hall–Kier alpha value is -2.90. The van der Waals surface area contributed by atoms with Crippen LogP contribution < -0.4 is 5.32 Å². The molecule has 8 heteroatoms. The Morgan fingerprint density at radius 2 is 2.16 bits per heavy atom. The largest absolute Gasteiger partial charge is 0.478 e. The maximum atomic E-state index is 11.2. The first kappa shape index (κ1) is 14.2. The van der Waals surface area contributed by atoms with E-state index in [1.165, 1.54) is 6.08 Å². The van der Waals surface area contributed by atoms with Gasteiger partial charge in [0.15, 0.2) is 0 Å². The molecule has 0 aliphatic heterocycles. The number of hydrogen-bond acceptors (Lipinski definition) is 5. The van der Waals surface area contributed by atoms with Gasteiger partial charge in [-0.15, -0.1) is 0 Å². The average molecular weight is 266 g/mol. The van der Waals surface area contributed by atoms with Crippen molar-refractivity contribution >= 4 is 23.4 Å². The van der Waals surface area contributed by atoms with Gasteiger partial charge >= 0.3 is 12.1 Å². The number of nitrogens with zero attached hydrogens (tertiary/aromatic N) is 1. The van der Waals surface area contributed by atoms with Crippen LogP contribution in [0.15, 0.2) is 30.9 Å².